The molecule has 2 unspecified atom stereocenters. The number of amides is 1. The average molecular weight is 587 g/mol. The monoisotopic (exact) mass is 586 g/mol. The molecule has 2 N–H and O–H groups in total. The zero-order chi connectivity index (χ0) is 28.1. The normalized spacial score (nSPS) is 21.0. The van der Waals surface area contributed by atoms with Crippen molar-refractivity contribution in [1.82, 2.24) is 14.6 Å². The second-order valence-corrected chi connectivity index (χ2v) is 11.2. The predicted molar refractivity (Wildman–Crippen MR) is 150 cm³/mol. The fraction of sp³-hybridized carbons (Fsp3) is 0.321. The number of aromatic nitrogens is 3. The topological polar surface area (TPSA) is 86.0 Å². The highest BCUT2D eigenvalue weighted by Gasteiger charge is 2.34. The van der Waals surface area contributed by atoms with Crippen LogP contribution in [0, 0.1) is 17.6 Å². The standard InChI is InChI=1S/C28H26Cl2F2N6O2/c1-15-8-23(19-9-16(31)2-3-22(19)32)37(13-15)25-5-4-24-33-12-26(38(24)35-25)34-28(40)27-20(29)10-17(11-21(27)30)36-7-6-18(39)14-36/h2-5,9-12,15,18,23,39H,6-8,13-14H2,1H3,(H,34,40)/t15?,18?,23-/m1/s1. The summed E-state index contributed by atoms with van der Waals surface area (Å²) >= 11 is 13.0. The Bertz CT molecular complexity index is 1590. The quantitative estimate of drug-likeness (QED) is 0.311. The number of benzene rings is 2. The third-order valence-corrected chi connectivity index (χ3v) is 8.09. The highest BCUT2D eigenvalue weighted by Crippen LogP contribution is 2.39. The van der Waals surface area contributed by atoms with E-state index in [1.165, 1.54) is 16.8 Å². The summed E-state index contributed by atoms with van der Waals surface area (Å²) in [6.45, 7) is 3.78. The number of β-amino-alcohol motifs (C(OH)–C–C–N with tert-alkyl or cyclic N) is 1. The molecule has 0 spiro atoms. The fourth-order valence-electron chi connectivity index (χ4n) is 5.58. The molecule has 3 atom stereocenters. The first-order chi connectivity index (χ1) is 19.2. The number of carbonyl (C=O) groups excluding carboxylic acids is 1. The second-order valence-electron chi connectivity index (χ2n) is 10.4. The second kappa shape index (κ2) is 10.5. The molecule has 1 amide bonds. The smallest absolute Gasteiger partial charge is 0.259 e. The van der Waals surface area contributed by atoms with Gasteiger partial charge in [-0.1, -0.05) is 30.1 Å². The van der Waals surface area contributed by atoms with Gasteiger partial charge >= 0.3 is 0 Å². The van der Waals surface area contributed by atoms with E-state index in [9.17, 15) is 18.7 Å². The van der Waals surface area contributed by atoms with Crippen molar-refractivity contribution in [2.45, 2.75) is 31.9 Å². The van der Waals surface area contributed by atoms with Crippen molar-refractivity contribution in [3.8, 4) is 0 Å². The minimum atomic E-state index is -0.536. The van der Waals surface area contributed by atoms with Gasteiger partial charge in [-0.05, 0) is 61.2 Å². The minimum absolute atomic E-state index is 0.105. The van der Waals surface area contributed by atoms with Crippen molar-refractivity contribution >= 4 is 52.1 Å². The molecule has 2 aromatic carbocycles. The number of aliphatic hydroxyl groups is 1. The first kappa shape index (κ1) is 26.7. The maximum Gasteiger partial charge on any atom is 0.259 e. The Kier molecular flexibility index (Phi) is 7.02. The maximum atomic E-state index is 14.7. The average Bonchev–Trinajstić information content (AvgIpc) is 3.63. The molecule has 40 heavy (non-hydrogen) atoms. The van der Waals surface area contributed by atoms with Gasteiger partial charge in [-0.3, -0.25) is 4.79 Å². The fourth-order valence-corrected chi connectivity index (χ4v) is 6.23. The molecule has 2 aromatic heterocycles. The molecule has 2 aliphatic heterocycles. The van der Waals surface area contributed by atoms with E-state index in [4.69, 9.17) is 28.3 Å². The van der Waals surface area contributed by atoms with Gasteiger partial charge in [0.2, 0.25) is 0 Å². The molecule has 0 saturated carbocycles. The first-order valence-electron chi connectivity index (χ1n) is 13.0. The lowest BCUT2D eigenvalue weighted by Crippen LogP contribution is -2.26. The molecule has 208 valence electrons. The Morgan fingerprint density at radius 3 is 2.60 bits per heavy atom. The summed E-state index contributed by atoms with van der Waals surface area (Å²) in [5.74, 6) is -0.450. The number of fused-ring (bicyclic) bond motifs is 1. The van der Waals surface area contributed by atoms with E-state index in [0.29, 0.717) is 49.8 Å². The predicted octanol–water partition coefficient (Wildman–Crippen LogP) is 5.73. The Balaban J connectivity index is 1.29. The van der Waals surface area contributed by atoms with E-state index in [2.05, 4.69) is 17.2 Å². The molecule has 0 radical (unpaired) electrons. The third-order valence-electron chi connectivity index (χ3n) is 7.49. The number of hydrogen-bond donors (Lipinski definition) is 2. The highest BCUT2D eigenvalue weighted by atomic mass is 35.5. The first-order valence-corrected chi connectivity index (χ1v) is 13.7. The van der Waals surface area contributed by atoms with E-state index in [-0.39, 0.29) is 27.1 Å². The van der Waals surface area contributed by atoms with Gasteiger partial charge in [0, 0.05) is 30.9 Å². The lowest BCUT2D eigenvalue weighted by atomic mass is 10.0. The van der Waals surface area contributed by atoms with Gasteiger partial charge in [-0.15, -0.1) is 5.10 Å². The van der Waals surface area contributed by atoms with Crippen LogP contribution in [0.5, 0.6) is 0 Å². The van der Waals surface area contributed by atoms with Crippen LogP contribution in [0.4, 0.5) is 26.1 Å². The number of nitrogens with one attached hydrogen (secondary N) is 1. The van der Waals surface area contributed by atoms with Gasteiger partial charge in [0.05, 0.1) is 34.0 Å². The van der Waals surface area contributed by atoms with Crippen LogP contribution in [0.2, 0.25) is 10.0 Å². The number of imidazole rings is 1. The molecule has 0 bridgehead atoms. The third kappa shape index (κ3) is 4.95. The summed E-state index contributed by atoms with van der Waals surface area (Å²) in [7, 11) is 0. The van der Waals surface area contributed by atoms with Crippen LogP contribution in [0.1, 0.15) is 41.7 Å². The number of aliphatic hydroxyl groups excluding tert-OH is 1. The van der Waals surface area contributed by atoms with E-state index >= 15 is 0 Å². The molecular formula is C28H26Cl2F2N6O2. The Hall–Kier alpha value is -3.47. The van der Waals surface area contributed by atoms with Gasteiger partial charge in [0.1, 0.15) is 17.5 Å². The van der Waals surface area contributed by atoms with Crippen LogP contribution in [0.3, 0.4) is 0 Å². The molecule has 2 aliphatic rings. The van der Waals surface area contributed by atoms with E-state index in [1.807, 2.05) is 9.80 Å². The molecule has 2 saturated heterocycles. The summed E-state index contributed by atoms with van der Waals surface area (Å²) in [4.78, 5) is 21.5. The van der Waals surface area contributed by atoms with Crippen LogP contribution < -0.4 is 15.1 Å². The van der Waals surface area contributed by atoms with Gasteiger partial charge in [0.15, 0.2) is 11.5 Å². The lowest BCUT2D eigenvalue weighted by molar-refractivity contribution is 0.102. The summed E-state index contributed by atoms with van der Waals surface area (Å²) < 4.78 is 30.2. The number of hydrogen-bond acceptors (Lipinski definition) is 6. The summed E-state index contributed by atoms with van der Waals surface area (Å²) in [5.41, 5.74) is 1.60. The van der Waals surface area contributed by atoms with Crippen LogP contribution >= 0.6 is 23.2 Å². The van der Waals surface area contributed by atoms with Crippen LogP contribution in [-0.2, 0) is 0 Å². The molecule has 2 fully saturated rings. The molecule has 12 heteroatoms. The number of carbonyl (C=O) groups is 1. The Labute approximate surface area is 239 Å². The molecule has 4 heterocycles. The number of anilines is 3. The summed E-state index contributed by atoms with van der Waals surface area (Å²) in [6.07, 6.45) is 2.34. The van der Waals surface area contributed by atoms with Crippen molar-refractivity contribution in [3.63, 3.8) is 0 Å². The maximum absolute atomic E-state index is 14.7. The highest BCUT2D eigenvalue weighted by molar-refractivity contribution is 6.40. The van der Waals surface area contributed by atoms with Crippen LogP contribution in [-0.4, -0.2) is 51.4 Å². The van der Waals surface area contributed by atoms with Gasteiger partial charge < -0.3 is 20.2 Å². The molecule has 0 aliphatic carbocycles. The number of halogens is 4. The zero-order valence-corrected chi connectivity index (χ0v) is 23.0. The summed E-state index contributed by atoms with van der Waals surface area (Å²) in [6, 6.07) is 9.92. The lowest BCUT2D eigenvalue weighted by Gasteiger charge is -2.26. The largest absolute Gasteiger partial charge is 0.391 e. The SMILES string of the molecule is CC1C[C@H](c2cc(F)ccc2F)N(c2ccc3ncc(NC(=O)c4c(Cl)cc(N5CCC(O)C5)cc4Cl)n3n2)C1. The molecular weight excluding hydrogens is 561 g/mol. The number of rotatable bonds is 5. The van der Waals surface area contributed by atoms with Gasteiger partial charge in [0.25, 0.3) is 5.91 Å². The number of nitrogens with zero attached hydrogens (tertiary/aromatic N) is 5. The minimum Gasteiger partial charge on any atom is -0.391 e. The van der Waals surface area contributed by atoms with Crippen molar-refractivity contribution in [3.05, 3.63) is 81.5 Å². The molecule has 8 nitrogen and oxygen atoms in total. The zero-order valence-electron chi connectivity index (χ0n) is 21.5. The Morgan fingerprint density at radius 1 is 1.10 bits per heavy atom. The molecule has 4 aromatic rings. The van der Waals surface area contributed by atoms with Crippen molar-refractivity contribution in [2.24, 2.45) is 5.92 Å². The van der Waals surface area contributed by atoms with Crippen LogP contribution in [0.15, 0.2) is 48.7 Å². The van der Waals surface area contributed by atoms with Crippen molar-refractivity contribution in [1.29, 1.82) is 0 Å². The Morgan fingerprint density at radius 2 is 1.88 bits per heavy atom. The summed E-state index contributed by atoms with van der Waals surface area (Å²) in [5, 5.41) is 17.7. The molecule has 6 rings (SSSR count). The van der Waals surface area contributed by atoms with E-state index in [0.717, 1.165) is 17.8 Å². The van der Waals surface area contributed by atoms with Gasteiger partial charge in [-0.2, -0.15) is 4.52 Å². The van der Waals surface area contributed by atoms with Gasteiger partial charge in [-0.25, -0.2) is 13.8 Å². The van der Waals surface area contributed by atoms with E-state index < -0.39 is 29.7 Å². The van der Waals surface area contributed by atoms with Crippen molar-refractivity contribution < 1.29 is 18.7 Å². The van der Waals surface area contributed by atoms with Crippen molar-refractivity contribution in [2.75, 3.05) is 34.8 Å². The van der Waals surface area contributed by atoms with E-state index in [1.54, 1.807) is 24.3 Å². The van der Waals surface area contributed by atoms with Crippen LogP contribution in [0.25, 0.3) is 5.65 Å².